The average Bonchev–Trinajstić information content (AvgIpc) is 2.44. The van der Waals surface area contributed by atoms with Crippen molar-refractivity contribution in [1.82, 2.24) is 10.3 Å². The second-order valence-corrected chi connectivity index (χ2v) is 4.51. The number of hydrogen-bond donors (Lipinski definition) is 4. The summed E-state index contributed by atoms with van der Waals surface area (Å²) in [5, 5.41) is 12.8. The van der Waals surface area contributed by atoms with E-state index in [1.807, 2.05) is 0 Å². The van der Waals surface area contributed by atoms with E-state index >= 15 is 0 Å². The van der Waals surface area contributed by atoms with Gasteiger partial charge in [-0.2, -0.15) is 0 Å². The lowest BCUT2D eigenvalue weighted by Crippen LogP contribution is -2.29. The van der Waals surface area contributed by atoms with E-state index in [1.54, 1.807) is 12.4 Å². The Hall–Kier alpha value is -2.08. The predicted octanol–water partition coefficient (Wildman–Crippen LogP) is 0.492. The molecule has 0 amide bonds. The summed E-state index contributed by atoms with van der Waals surface area (Å²) >= 11 is 0. The third kappa shape index (κ3) is 3.45. The summed E-state index contributed by atoms with van der Waals surface area (Å²) < 4.78 is 0. The molecule has 1 aliphatic rings. The van der Waals surface area contributed by atoms with Crippen molar-refractivity contribution in [3.63, 3.8) is 0 Å². The van der Waals surface area contributed by atoms with Gasteiger partial charge in [-0.1, -0.05) is 0 Å². The number of piperidine rings is 1. The molecule has 0 aliphatic carbocycles. The molecule has 1 aromatic rings. The molecule has 6 heteroatoms. The van der Waals surface area contributed by atoms with Crippen LogP contribution in [0.15, 0.2) is 23.5 Å². The number of allylic oxidation sites excluding steroid dienone is 1. The molecular formula is C13H19N5O. The number of nitrogens with zero attached hydrogens (tertiary/aromatic N) is 2. The standard InChI is InChI=1S/C13H19N5O/c14-6-10(8-17-11-1-3-16-4-2-11)9-5-12(19)13(15)18-7-9/h5-8,11,16,19H,1-4,14H2,(H2,15,18)/b10-6+,17-8?. The molecule has 2 rings (SSSR count). The minimum absolute atomic E-state index is 0.0490. The second kappa shape index (κ2) is 6.19. The summed E-state index contributed by atoms with van der Waals surface area (Å²) in [4.78, 5) is 8.43. The third-order valence-electron chi connectivity index (χ3n) is 3.14. The second-order valence-electron chi connectivity index (χ2n) is 4.51. The van der Waals surface area contributed by atoms with Gasteiger partial charge in [0.1, 0.15) is 0 Å². The van der Waals surface area contributed by atoms with Crippen molar-refractivity contribution in [3.8, 4) is 5.75 Å². The molecule has 1 aliphatic heterocycles. The van der Waals surface area contributed by atoms with Crippen molar-refractivity contribution in [2.24, 2.45) is 10.7 Å². The van der Waals surface area contributed by atoms with Crippen LogP contribution in [-0.4, -0.2) is 35.4 Å². The highest BCUT2D eigenvalue weighted by molar-refractivity contribution is 6.09. The molecule has 0 radical (unpaired) electrons. The quantitative estimate of drug-likeness (QED) is 0.592. The molecule has 0 saturated carbocycles. The summed E-state index contributed by atoms with van der Waals surface area (Å²) in [7, 11) is 0. The lowest BCUT2D eigenvalue weighted by atomic mass is 10.1. The summed E-state index contributed by atoms with van der Waals surface area (Å²) in [6, 6.07) is 1.86. The number of nitrogens with two attached hydrogens (primary N) is 2. The topological polar surface area (TPSA) is 110 Å². The summed E-state index contributed by atoms with van der Waals surface area (Å²) in [5.41, 5.74) is 12.5. The van der Waals surface area contributed by atoms with Crippen LogP contribution in [0, 0.1) is 0 Å². The molecule has 0 bridgehead atoms. The first-order valence-corrected chi connectivity index (χ1v) is 6.31. The Labute approximate surface area is 112 Å². The largest absolute Gasteiger partial charge is 0.504 e. The molecule has 1 saturated heterocycles. The van der Waals surface area contributed by atoms with Crippen LogP contribution in [-0.2, 0) is 0 Å². The zero-order chi connectivity index (χ0) is 13.7. The molecule has 0 aromatic carbocycles. The SMILES string of the molecule is N/C=C(\C=NC1CCNCC1)c1cnc(N)c(O)c1. The molecule has 19 heavy (non-hydrogen) atoms. The van der Waals surface area contributed by atoms with E-state index in [4.69, 9.17) is 11.5 Å². The van der Waals surface area contributed by atoms with Crippen LogP contribution in [0.3, 0.4) is 0 Å². The zero-order valence-corrected chi connectivity index (χ0v) is 10.7. The van der Waals surface area contributed by atoms with E-state index in [0.29, 0.717) is 11.6 Å². The average molecular weight is 261 g/mol. The summed E-state index contributed by atoms with van der Waals surface area (Å²) in [6.45, 7) is 1.99. The lowest BCUT2D eigenvalue weighted by molar-refractivity contribution is 0.461. The molecule has 1 fully saturated rings. The maximum atomic E-state index is 9.55. The van der Waals surface area contributed by atoms with Crippen LogP contribution in [0.4, 0.5) is 5.82 Å². The van der Waals surface area contributed by atoms with Crippen molar-refractivity contribution >= 4 is 17.6 Å². The number of rotatable bonds is 3. The molecule has 0 atom stereocenters. The van der Waals surface area contributed by atoms with Crippen LogP contribution in [0.1, 0.15) is 18.4 Å². The Morgan fingerprint density at radius 1 is 1.47 bits per heavy atom. The Morgan fingerprint density at radius 2 is 2.21 bits per heavy atom. The number of anilines is 1. The van der Waals surface area contributed by atoms with Crippen molar-refractivity contribution < 1.29 is 5.11 Å². The minimum atomic E-state index is -0.0490. The van der Waals surface area contributed by atoms with Crippen LogP contribution in [0.25, 0.3) is 5.57 Å². The van der Waals surface area contributed by atoms with E-state index < -0.39 is 0 Å². The fourth-order valence-corrected chi connectivity index (χ4v) is 1.98. The zero-order valence-electron chi connectivity index (χ0n) is 10.7. The van der Waals surface area contributed by atoms with Gasteiger partial charge in [-0.3, -0.25) is 4.99 Å². The fourth-order valence-electron chi connectivity index (χ4n) is 1.98. The van der Waals surface area contributed by atoms with Gasteiger partial charge in [-0.25, -0.2) is 4.98 Å². The normalized spacial score (nSPS) is 18.0. The highest BCUT2D eigenvalue weighted by Crippen LogP contribution is 2.21. The highest BCUT2D eigenvalue weighted by atomic mass is 16.3. The van der Waals surface area contributed by atoms with Crippen molar-refractivity contribution in [2.45, 2.75) is 18.9 Å². The van der Waals surface area contributed by atoms with E-state index in [9.17, 15) is 5.11 Å². The first-order valence-electron chi connectivity index (χ1n) is 6.31. The number of nitrogen functional groups attached to an aromatic ring is 1. The van der Waals surface area contributed by atoms with Gasteiger partial charge in [-0.05, 0) is 32.0 Å². The summed E-state index contributed by atoms with van der Waals surface area (Å²) in [5.74, 6) is 0.0579. The molecule has 0 unspecified atom stereocenters. The number of nitrogens with one attached hydrogen (secondary N) is 1. The third-order valence-corrected chi connectivity index (χ3v) is 3.14. The van der Waals surface area contributed by atoms with E-state index in [0.717, 1.165) is 31.5 Å². The molecule has 1 aromatic heterocycles. The van der Waals surface area contributed by atoms with Crippen LogP contribution in [0.5, 0.6) is 5.75 Å². The highest BCUT2D eigenvalue weighted by Gasteiger charge is 2.11. The number of pyridine rings is 1. The van der Waals surface area contributed by atoms with Crippen molar-refractivity contribution in [1.29, 1.82) is 0 Å². The predicted molar refractivity (Wildman–Crippen MR) is 76.9 cm³/mol. The molecule has 0 spiro atoms. The summed E-state index contributed by atoms with van der Waals surface area (Å²) in [6.07, 6.45) is 6.82. The van der Waals surface area contributed by atoms with Gasteiger partial charge in [0.2, 0.25) is 0 Å². The van der Waals surface area contributed by atoms with Gasteiger partial charge in [0.25, 0.3) is 0 Å². The smallest absolute Gasteiger partial charge is 0.165 e. The van der Waals surface area contributed by atoms with E-state index in [-0.39, 0.29) is 11.6 Å². The van der Waals surface area contributed by atoms with Crippen LogP contribution >= 0.6 is 0 Å². The number of aliphatic imine (C=N–C) groups is 1. The Bertz CT molecular complexity index is 492. The molecule has 6 nitrogen and oxygen atoms in total. The van der Waals surface area contributed by atoms with Crippen molar-refractivity contribution in [2.75, 3.05) is 18.8 Å². The number of aromatic nitrogens is 1. The number of hydrogen-bond acceptors (Lipinski definition) is 6. The first kappa shape index (κ1) is 13.4. The maximum Gasteiger partial charge on any atom is 0.165 e. The Morgan fingerprint density at radius 3 is 2.84 bits per heavy atom. The van der Waals surface area contributed by atoms with Gasteiger partial charge in [0.05, 0.1) is 6.04 Å². The van der Waals surface area contributed by atoms with Gasteiger partial charge in [0, 0.05) is 29.7 Å². The fraction of sp³-hybridized carbons (Fsp3) is 0.385. The first-order chi connectivity index (χ1) is 9.20. The van der Waals surface area contributed by atoms with Gasteiger partial charge in [0.15, 0.2) is 11.6 Å². The monoisotopic (exact) mass is 261 g/mol. The van der Waals surface area contributed by atoms with Crippen LogP contribution < -0.4 is 16.8 Å². The van der Waals surface area contributed by atoms with Gasteiger partial charge < -0.3 is 21.9 Å². The lowest BCUT2D eigenvalue weighted by Gasteiger charge is -2.18. The molecule has 102 valence electrons. The Kier molecular flexibility index (Phi) is 4.35. The van der Waals surface area contributed by atoms with Gasteiger partial charge in [-0.15, -0.1) is 0 Å². The molecular weight excluding hydrogens is 242 g/mol. The molecule has 2 heterocycles. The van der Waals surface area contributed by atoms with Gasteiger partial charge >= 0.3 is 0 Å². The van der Waals surface area contributed by atoms with E-state index in [2.05, 4.69) is 15.3 Å². The Balaban J connectivity index is 2.11. The van der Waals surface area contributed by atoms with Crippen LogP contribution in [0.2, 0.25) is 0 Å². The van der Waals surface area contributed by atoms with E-state index in [1.165, 1.54) is 12.3 Å². The maximum absolute atomic E-state index is 9.55. The van der Waals surface area contributed by atoms with Crippen molar-refractivity contribution in [3.05, 3.63) is 24.0 Å². The minimum Gasteiger partial charge on any atom is -0.504 e. The number of aromatic hydroxyl groups is 1. The molecule has 6 N–H and O–H groups in total.